The molecule has 1 aliphatic heterocycles. The van der Waals surface area contributed by atoms with E-state index < -0.39 is 10.0 Å². The van der Waals surface area contributed by atoms with Crippen molar-refractivity contribution in [2.24, 2.45) is 0 Å². The zero-order valence-corrected chi connectivity index (χ0v) is 16.2. The van der Waals surface area contributed by atoms with Crippen LogP contribution in [0.3, 0.4) is 0 Å². The third kappa shape index (κ3) is 3.03. The van der Waals surface area contributed by atoms with Crippen molar-refractivity contribution in [3.8, 4) is 0 Å². The van der Waals surface area contributed by atoms with Crippen molar-refractivity contribution >= 4 is 21.4 Å². The minimum Gasteiger partial charge on any atom is -0.276 e. The molecule has 1 fully saturated rings. The quantitative estimate of drug-likeness (QED) is 0.814. The van der Waals surface area contributed by atoms with E-state index in [2.05, 4.69) is 27.5 Å². The molecule has 0 bridgehead atoms. The lowest BCUT2D eigenvalue weighted by molar-refractivity contribution is 0.191. The summed E-state index contributed by atoms with van der Waals surface area (Å²) in [6.45, 7) is 5.24. The number of aromatic nitrogens is 2. The topological polar surface area (TPSA) is 58.4 Å². The highest BCUT2D eigenvalue weighted by Gasteiger charge is 2.30. The molecule has 132 valence electrons. The predicted octanol–water partition coefficient (Wildman–Crippen LogP) is 2.61. The highest BCUT2D eigenvalue weighted by molar-refractivity contribution is 7.89. The van der Waals surface area contributed by atoms with Crippen LogP contribution in [0.1, 0.15) is 35.1 Å². The molecular formula is C16H24N4O2S2. The fourth-order valence-corrected chi connectivity index (χ4v) is 5.50. The van der Waals surface area contributed by atoms with Crippen molar-refractivity contribution < 1.29 is 8.42 Å². The first-order valence-corrected chi connectivity index (χ1v) is 10.4. The maximum Gasteiger partial charge on any atom is 0.246 e. The van der Waals surface area contributed by atoms with E-state index >= 15 is 0 Å². The molecule has 3 heterocycles. The third-order valence-electron chi connectivity index (χ3n) is 4.60. The summed E-state index contributed by atoms with van der Waals surface area (Å²) in [6.07, 6.45) is 2.30. The van der Waals surface area contributed by atoms with Crippen LogP contribution in [-0.2, 0) is 16.7 Å². The SMILES string of the molecule is Cc1nn(CN2CCC[C@H]2c2cccs2)c(C)c1S(=O)(=O)N(C)C. The van der Waals surface area contributed by atoms with Crippen molar-refractivity contribution in [1.82, 2.24) is 19.0 Å². The van der Waals surface area contributed by atoms with E-state index in [0.717, 1.165) is 19.4 Å². The van der Waals surface area contributed by atoms with Gasteiger partial charge in [0.1, 0.15) is 4.90 Å². The largest absolute Gasteiger partial charge is 0.276 e. The molecule has 0 saturated carbocycles. The molecule has 6 nitrogen and oxygen atoms in total. The molecule has 24 heavy (non-hydrogen) atoms. The van der Waals surface area contributed by atoms with E-state index in [1.165, 1.54) is 9.18 Å². The van der Waals surface area contributed by atoms with Gasteiger partial charge in [-0.05, 0) is 38.1 Å². The van der Waals surface area contributed by atoms with Crippen LogP contribution >= 0.6 is 11.3 Å². The van der Waals surface area contributed by atoms with Crippen LogP contribution in [0.4, 0.5) is 0 Å². The number of hydrogen-bond acceptors (Lipinski definition) is 5. The number of nitrogens with zero attached hydrogens (tertiary/aromatic N) is 4. The summed E-state index contributed by atoms with van der Waals surface area (Å²) >= 11 is 1.78. The molecule has 0 unspecified atom stereocenters. The number of rotatable bonds is 5. The molecule has 3 rings (SSSR count). The van der Waals surface area contributed by atoms with Crippen LogP contribution in [0, 0.1) is 13.8 Å². The second-order valence-corrected chi connectivity index (χ2v) is 9.48. The Morgan fingerprint density at radius 3 is 2.75 bits per heavy atom. The number of sulfonamides is 1. The Morgan fingerprint density at radius 1 is 1.38 bits per heavy atom. The third-order valence-corrected chi connectivity index (χ3v) is 7.65. The molecule has 0 N–H and O–H groups in total. The minimum absolute atomic E-state index is 0.333. The molecule has 0 spiro atoms. The molecule has 0 aliphatic carbocycles. The highest BCUT2D eigenvalue weighted by Crippen LogP contribution is 2.35. The zero-order chi connectivity index (χ0) is 17.5. The van der Waals surface area contributed by atoms with Crippen molar-refractivity contribution in [3.05, 3.63) is 33.8 Å². The van der Waals surface area contributed by atoms with Gasteiger partial charge < -0.3 is 0 Å². The molecule has 1 aliphatic rings. The standard InChI is InChI=1S/C16H24N4O2S2/c1-12-16(24(21,22)18(3)4)13(2)20(17-12)11-19-9-5-7-14(19)15-8-6-10-23-15/h6,8,10,14H,5,7,9,11H2,1-4H3/t14-/m0/s1. The monoisotopic (exact) mass is 368 g/mol. The summed E-state index contributed by atoms with van der Waals surface area (Å²) in [5.74, 6) is 0. The average Bonchev–Trinajstić information content (AvgIpc) is 3.20. The second kappa shape index (κ2) is 6.59. The van der Waals surface area contributed by atoms with Gasteiger partial charge in [-0.1, -0.05) is 6.07 Å². The van der Waals surface area contributed by atoms with Gasteiger partial charge in [-0.3, -0.25) is 9.58 Å². The molecule has 1 atom stereocenters. The fraction of sp³-hybridized carbons (Fsp3) is 0.562. The molecular weight excluding hydrogens is 344 g/mol. The van der Waals surface area contributed by atoms with Gasteiger partial charge in [0.05, 0.1) is 18.1 Å². The van der Waals surface area contributed by atoms with Crippen molar-refractivity contribution in [2.45, 2.75) is 44.3 Å². The summed E-state index contributed by atoms with van der Waals surface area (Å²) in [5.41, 5.74) is 1.27. The summed E-state index contributed by atoms with van der Waals surface area (Å²) in [4.78, 5) is 4.09. The molecule has 1 saturated heterocycles. The van der Waals surface area contributed by atoms with Crippen molar-refractivity contribution in [2.75, 3.05) is 20.6 Å². The van der Waals surface area contributed by atoms with Crippen LogP contribution in [0.15, 0.2) is 22.4 Å². The number of likely N-dealkylation sites (tertiary alicyclic amines) is 1. The maximum atomic E-state index is 12.5. The first-order valence-electron chi connectivity index (χ1n) is 8.06. The summed E-state index contributed by atoms with van der Waals surface area (Å²) in [7, 11) is -0.365. The van der Waals surface area contributed by atoms with E-state index in [0.29, 0.717) is 29.0 Å². The summed E-state index contributed by atoms with van der Waals surface area (Å²) in [5, 5.41) is 6.62. The lowest BCUT2D eigenvalue weighted by Crippen LogP contribution is -2.27. The Morgan fingerprint density at radius 2 is 2.12 bits per heavy atom. The van der Waals surface area contributed by atoms with Crippen LogP contribution in [-0.4, -0.2) is 48.0 Å². The second-order valence-electron chi connectivity index (χ2n) is 6.41. The van der Waals surface area contributed by atoms with Gasteiger partial charge in [0.25, 0.3) is 0 Å². The first kappa shape index (κ1) is 17.6. The summed E-state index contributed by atoms with van der Waals surface area (Å²) < 4.78 is 28.2. The van der Waals surface area contributed by atoms with Crippen LogP contribution in [0.2, 0.25) is 0 Å². The zero-order valence-electron chi connectivity index (χ0n) is 14.6. The Hall–Kier alpha value is -1.22. The maximum absolute atomic E-state index is 12.5. The molecule has 0 aromatic carbocycles. The van der Waals surface area contributed by atoms with Crippen LogP contribution in [0.5, 0.6) is 0 Å². The van der Waals surface area contributed by atoms with Crippen molar-refractivity contribution in [3.63, 3.8) is 0 Å². The van der Waals surface area contributed by atoms with E-state index in [1.807, 2.05) is 11.6 Å². The van der Waals surface area contributed by atoms with Gasteiger partial charge in [0, 0.05) is 31.6 Å². The lowest BCUT2D eigenvalue weighted by Gasteiger charge is -2.24. The highest BCUT2D eigenvalue weighted by atomic mass is 32.2. The van der Waals surface area contributed by atoms with E-state index in [9.17, 15) is 8.42 Å². The van der Waals surface area contributed by atoms with Gasteiger partial charge in [0.15, 0.2) is 0 Å². The lowest BCUT2D eigenvalue weighted by atomic mass is 10.2. The fourth-order valence-electron chi connectivity index (χ4n) is 3.34. The van der Waals surface area contributed by atoms with Crippen molar-refractivity contribution in [1.29, 1.82) is 0 Å². The Kier molecular flexibility index (Phi) is 4.83. The van der Waals surface area contributed by atoms with Gasteiger partial charge in [-0.25, -0.2) is 12.7 Å². The minimum atomic E-state index is -3.47. The van der Waals surface area contributed by atoms with Gasteiger partial charge in [0.2, 0.25) is 10.0 Å². The van der Waals surface area contributed by atoms with Gasteiger partial charge in [-0.15, -0.1) is 11.3 Å². The molecule has 2 aromatic heterocycles. The van der Waals surface area contributed by atoms with Gasteiger partial charge in [-0.2, -0.15) is 5.10 Å². The Balaban J connectivity index is 1.89. The molecule has 0 radical (unpaired) electrons. The molecule has 2 aromatic rings. The van der Waals surface area contributed by atoms with Crippen LogP contribution < -0.4 is 0 Å². The van der Waals surface area contributed by atoms with Gasteiger partial charge >= 0.3 is 0 Å². The summed E-state index contributed by atoms with van der Waals surface area (Å²) in [6, 6.07) is 4.67. The van der Waals surface area contributed by atoms with Crippen LogP contribution in [0.25, 0.3) is 0 Å². The predicted molar refractivity (Wildman–Crippen MR) is 95.6 cm³/mol. The Bertz CT molecular complexity index is 810. The number of hydrogen-bond donors (Lipinski definition) is 0. The molecule has 8 heteroatoms. The normalized spacial score (nSPS) is 19.5. The number of aryl methyl sites for hydroxylation is 1. The first-order chi connectivity index (χ1) is 11.3. The Labute approximate surface area is 147 Å². The van der Waals surface area contributed by atoms with E-state index in [1.54, 1.807) is 32.4 Å². The average molecular weight is 369 g/mol. The smallest absolute Gasteiger partial charge is 0.246 e. The van der Waals surface area contributed by atoms with E-state index in [4.69, 9.17) is 0 Å². The molecule has 0 amide bonds. The van der Waals surface area contributed by atoms with E-state index in [-0.39, 0.29) is 0 Å². The number of thiophene rings is 1.